The Morgan fingerprint density at radius 1 is 0.274 bits per heavy atom. The Hall–Kier alpha value is -2.63. The number of allylic oxidation sites excluding steroid dienone is 8. The smallest absolute Gasteiger partial charge is 0.306 e. The van der Waals surface area contributed by atoms with Crippen molar-refractivity contribution in [2.45, 2.75) is 348 Å². The standard InChI is InChI=1S/C67H122O6/c1-4-7-10-13-16-19-22-25-27-29-31-33-35-37-39-42-45-48-51-54-57-60-66(69)72-63-64(62-71-65(68)59-56-53-50-47-44-41-24-21-18-15-12-9-6-3)73-67(70)61-58-55-52-49-46-43-40-38-36-34-32-30-28-26-23-20-17-14-11-8-5-2/h22,25,29-32,35,37,64H,4-21,23-24,26-28,33-34,36,38-63H2,1-3H3/b25-22-,31-29-,32-30-,37-35-. The zero-order valence-corrected chi connectivity index (χ0v) is 48.9. The van der Waals surface area contributed by atoms with Crippen molar-refractivity contribution in [3.8, 4) is 0 Å². The number of carbonyl (C=O) groups is 3. The second kappa shape index (κ2) is 61.9. The first-order chi connectivity index (χ1) is 36.0. The van der Waals surface area contributed by atoms with Gasteiger partial charge in [-0.05, 0) is 83.5 Å². The van der Waals surface area contributed by atoms with Gasteiger partial charge in [0.1, 0.15) is 13.2 Å². The molecule has 0 aromatic carbocycles. The molecule has 0 aliphatic carbocycles. The Balaban J connectivity index is 4.34. The van der Waals surface area contributed by atoms with Crippen molar-refractivity contribution in [2.75, 3.05) is 13.2 Å². The molecule has 0 aliphatic heterocycles. The van der Waals surface area contributed by atoms with Crippen LogP contribution in [0.3, 0.4) is 0 Å². The van der Waals surface area contributed by atoms with Gasteiger partial charge in [0.15, 0.2) is 6.10 Å². The van der Waals surface area contributed by atoms with Gasteiger partial charge in [0.25, 0.3) is 0 Å². The molecule has 0 aromatic heterocycles. The van der Waals surface area contributed by atoms with Crippen molar-refractivity contribution in [3.05, 3.63) is 48.6 Å². The number of hydrogen-bond acceptors (Lipinski definition) is 6. The Morgan fingerprint density at radius 3 is 0.781 bits per heavy atom. The molecule has 0 bridgehead atoms. The van der Waals surface area contributed by atoms with Crippen LogP contribution < -0.4 is 0 Å². The largest absolute Gasteiger partial charge is 0.462 e. The third-order valence-electron chi connectivity index (χ3n) is 14.3. The lowest BCUT2D eigenvalue weighted by Crippen LogP contribution is -2.30. The molecule has 6 nitrogen and oxygen atoms in total. The average molecular weight is 1020 g/mol. The second-order valence-electron chi connectivity index (χ2n) is 21.7. The number of hydrogen-bond donors (Lipinski definition) is 0. The molecule has 0 saturated carbocycles. The van der Waals surface area contributed by atoms with E-state index in [1.807, 2.05) is 0 Å². The molecule has 0 aliphatic rings. The van der Waals surface area contributed by atoms with Crippen molar-refractivity contribution < 1.29 is 28.6 Å². The van der Waals surface area contributed by atoms with E-state index in [-0.39, 0.29) is 31.1 Å². The monoisotopic (exact) mass is 1020 g/mol. The highest BCUT2D eigenvalue weighted by Gasteiger charge is 2.19. The second-order valence-corrected chi connectivity index (χ2v) is 21.7. The fourth-order valence-corrected chi connectivity index (χ4v) is 9.45. The summed E-state index contributed by atoms with van der Waals surface area (Å²) in [4.78, 5) is 38.3. The van der Waals surface area contributed by atoms with Gasteiger partial charge in [0, 0.05) is 19.3 Å². The van der Waals surface area contributed by atoms with E-state index in [0.29, 0.717) is 19.3 Å². The molecule has 1 unspecified atom stereocenters. The number of unbranched alkanes of at least 4 members (excludes halogenated alkanes) is 40. The first-order valence-electron chi connectivity index (χ1n) is 32.1. The van der Waals surface area contributed by atoms with Gasteiger partial charge in [0.05, 0.1) is 0 Å². The Labute approximate surface area is 454 Å². The molecule has 426 valence electrons. The molecule has 0 rings (SSSR count). The summed E-state index contributed by atoms with van der Waals surface area (Å²) in [5, 5.41) is 0. The van der Waals surface area contributed by atoms with Gasteiger partial charge in [-0.3, -0.25) is 14.4 Å². The molecular formula is C67H122O6. The van der Waals surface area contributed by atoms with Crippen LogP contribution in [0.2, 0.25) is 0 Å². The van der Waals surface area contributed by atoms with Crippen molar-refractivity contribution in [3.63, 3.8) is 0 Å². The summed E-state index contributed by atoms with van der Waals surface area (Å²) in [5.74, 6) is -0.870. The van der Waals surface area contributed by atoms with Gasteiger partial charge in [-0.15, -0.1) is 0 Å². The van der Waals surface area contributed by atoms with Crippen molar-refractivity contribution in [1.82, 2.24) is 0 Å². The maximum absolute atomic E-state index is 12.9. The zero-order chi connectivity index (χ0) is 52.9. The summed E-state index contributed by atoms with van der Waals surface area (Å²) in [6.07, 6.45) is 76.8. The normalized spacial score (nSPS) is 12.3. The highest BCUT2D eigenvalue weighted by molar-refractivity contribution is 5.71. The molecule has 0 N–H and O–H groups in total. The lowest BCUT2D eigenvalue weighted by atomic mass is 10.0. The summed E-state index contributed by atoms with van der Waals surface area (Å²) in [7, 11) is 0. The SMILES string of the molecule is CCCCCCC/C=C\C/C=C\C/C=C\CCCCCCCCC(=O)OCC(COC(=O)CCCCCCCCCCCCCCC)OC(=O)CCCCCCCCCCC/C=C\CCCCCCCCCC. The molecule has 0 spiro atoms. The van der Waals surface area contributed by atoms with Gasteiger partial charge in [-0.1, -0.05) is 288 Å². The average Bonchev–Trinajstić information content (AvgIpc) is 3.39. The van der Waals surface area contributed by atoms with Crippen molar-refractivity contribution >= 4 is 17.9 Å². The molecule has 0 fully saturated rings. The third-order valence-corrected chi connectivity index (χ3v) is 14.3. The molecule has 0 radical (unpaired) electrons. The predicted molar refractivity (Wildman–Crippen MR) is 316 cm³/mol. The van der Waals surface area contributed by atoms with E-state index in [2.05, 4.69) is 69.4 Å². The summed E-state index contributed by atoms with van der Waals surface area (Å²) < 4.78 is 16.9. The lowest BCUT2D eigenvalue weighted by Gasteiger charge is -2.18. The number of carbonyl (C=O) groups excluding carboxylic acids is 3. The number of esters is 3. The van der Waals surface area contributed by atoms with E-state index in [1.165, 1.54) is 225 Å². The quantitative estimate of drug-likeness (QED) is 0.0261. The highest BCUT2D eigenvalue weighted by atomic mass is 16.6. The van der Waals surface area contributed by atoms with Gasteiger partial charge >= 0.3 is 17.9 Å². The van der Waals surface area contributed by atoms with Crippen molar-refractivity contribution in [2.24, 2.45) is 0 Å². The van der Waals surface area contributed by atoms with E-state index in [4.69, 9.17) is 14.2 Å². The Morgan fingerprint density at radius 2 is 0.493 bits per heavy atom. The lowest BCUT2D eigenvalue weighted by molar-refractivity contribution is -0.167. The number of rotatable bonds is 59. The Kier molecular flexibility index (Phi) is 59.7. The summed E-state index contributed by atoms with van der Waals surface area (Å²) in [6.45, 7) is 6.66. The zero-order valence-electron chi connectivity index (χ0n) is 48.9. The fourth-order valence-electron chi connectivity index (χ4n) is 9.45. The molecule has 0 heterocycles. The van der Waals surface area contributed by atoms with Gasteiger partial charge < -0.3 is 14.2 Å². The fraction of sp³-hybridized carbons (Fsp3) is 0.836. The van der Waals surface area contributed by atoms with Crippen LogP contribution in [0, 0.1) is 0 Å². The van der Waals surface area contributed by atoms with E-state index >= 15 is 0 Å². The van der Waals surface area contributed by atoms with Crippen LogP contribution in [0.5, 0.6) is 0 Å². The molecular weight excluding hydrogens is 901 g/mol. The van der Waals surface area contributed by atoms with Crippen LogP contribution in [-0.4, -0.2) is 37.2 Å². The molecule has 73 heavy (non-hydrogen) atoms. The predicted octanol–water partition coefficient (Wildman–Crippen LogP) is 21.8. The molecule has 0 amide bonds. The first kappa shape index (κ1) is 70.4. The van der Waals surface area contributed by atoms with Gasteiger partial charge in [-0.25, -0.2) is 0 Å². The van der Waals surface area contributed by atoms with Crippen LogP contribution in [0.15, 0.2) is 48.6 Å². The van der Waals surface area contributed by atoms with Crippen LogP contribution in [0.25, 0.3) is 0 Å². The topological polar surface area (TPSA) is 78.9 Å². The van der Waals surface area contributed by atoms with E-state index in [0.717, 1.165) is 77.0 Å². The summed E-state index contributed by atoms with van der Waals surface area (Å²) >= 11 is 0. The minimum absolute atomic E-state index is 0.0747. The number of ether oxygens (including phenoxy) is 3. The highest BCUT2D eigenvalue weighted by Crippen LogP contribution is 2.17. The van der Waals surface area contributed by atoms with Crippen LogP contribution in [0.1, 0.15) is 342 Å². The van der Waals surface area contributed by atoms with Crippen molar-refractivity contribution in [1.29, 1.82) is 0 Å². The molecule has 1 atom stereocenters. The minimum atomic E-state index is -0.778. The van der Waals surface area contributed by atoms with E-state index in [1.54, 1.807) is 0 Å². The molecule has 0 saturated heterocycles. The molecule has 0 aromatic rings. The van der Waals surface area contributed by atoms with Crippen LogP contribution in [0.4, 0.5) is 0 Å². The maximum Gasteiger partial charge on any atom is 0.306 e. The maximum atomic E-state index is 12.9. The summed E-state index contributed by atoms with van der Waals surface area (Å²) in [5.41, 5.74) is 0. The molecule has 6 heteroatoms. The van der Waals surface area contributed by atoms with E-state index < -0.39 is 6.10 Å². The summed E-state index contributed by atoms with van der Waals surface area (Å²) in [6, 6.07) is 0. The first-order valence-corrected chi connectivity index (χ1v) is 32.1. The van der Waals surface area contributed by atoms with Gasteiger partial charge in [-0.2, -0.15) is 0 Å². The van der Waals surface area contributed by atoms with Crippen LogP contribution in [-0.2, 0) is 28.6 Å². The Bertz CT molecular complexity index is 1270. The van der Waals surface area contributed by atoms with E-state index in [9.17, 15) is 14.4 Å². The minimum Gasteiger partial charge on any atom is -0.462 e. The van der Waals surface area contributed by atoms with Gasteiger partial charge in [0.2, 0.25) is 0 Å². The van der Waals surface area contributed by atoms with Crippen LogP contribution >= 0.6 is 0 Å². The third kappa shape index (κ3) is 60.1.